The quantitative estimate of drug-likeness (QED) is 0.620. The van der Waals surface area contributed by atoms with E-state index in [1.165, 1.54) is 16.9 Å². The van der Waals surface area contributed by atoms with Gasteiger partial charge in [-0.25, -0.2) is 4.39 Å². The first-order chi connectivity index (χ1) is 13.5. The van der Waals surface area contributed by atoms with Crippen molar-refractivity contribution in [3.05, 3.63) is 53.8 Å². The summed E-state index contributed by atoms with van der Waals surface area (Å²) in [6.07, 6.45) is 0. The first-order valence-electron chi connectivity index (χ1n) is 8.48. The second-order valence-corrected chi connectivity index (χ2v) is 6.09. The number of ether oxygens (including phenoxy) is 2. The van der Waals surface area contributed by atoms with Crippen LogP contribution < -0.4 is 9.47 Å². The zero-order valence-corrected chi connectivity index (χ0v) is 15.8. The lowest BCUT2D eigenvalue weighted by atomic mass is 10.2. The highest BCUT2D eigenvalue weighted by atomic mass is 19.1. The molecule has 0 aliphatic rings. The van der Waals surface area contributed by atoms with Crippen LogP contribution in [0.2, 0.25) is 0 Å². The van der Waals surface area contributed by atoms with E-state index in [2.05, 4.69) is 15.4 Å². The number of hydrogen-bond donors (Lipinski definition) is 0. The normalized spacial score (nSPS) is 10.6. The van der Waals surface area contributed by atoms with Gasteiger partial charge in [-0.1, -0.05) is 6.07 Å². The maximum absolute atomic E-state index is 13.0. The predicted molar refractivity (Wildman–Crippen MR) is 99.2 cm³/mol. The highest BCUT2D eigenvalue weighted by molar-refractivity contribution is 5.75. The van der Waals surface area contributed by atoms with Crippen LogP contribution in [-0.4, -0.2) is 52.3 Å². The highest BCUT2D eigenvalue weighted by Crippen LogP contribution is 2.27. The third-order valence-corrected chi connectivity index (χ3v) is 4.13. The standard InChI is InChI=1S/C19H20FN5O3/c1-24(11-13-4-9-16(27-2)17(10-13)28-3)18(26)12-25-22-19(21-23-25)14-5-7-15(20)8-6-14/h4-10H,11-12H2,1-3H3. The van der Waals surface area contributed by atoms with Crippen molar-refractivity contribution in [1.82, 2.24) is 25.1 Å². The van der Waals surface area contributed by atoms with Crippen LogP contribution in [0.15, 0.2) is 42.5 Å². The van der Waals surface area contributed by atoms with Gasteiger partial charge in [-0.05, 0) is 47.2 Å². The van der Waals surface area contributed by atoms with Crippen LogP contribution in [-0.2, 0) is 17.9 Å². The molecule has 1 aromatic heterocycles. The number of likely N-dealkylation sites (N-methyl/N-ethyl adjacent to an activating group) is 1. The third kappa shape index (κ3) is 4.43. The van der Waals surface area contributed by atoms with E-state index in [9.17, 15) is 9.18 Å². The summed E-state index contributed by atoms with van der Waals surface area (Å²) in [5, 5.41) is 12.0. The molecular formula is C19H20FN5O3. The van der Waals surface area contributed by atoms with Gasteiger partial charge >= 0.3 is 0 Å². The van der Waals surface area contributed by atoms with E-state index in [1.54, 1.807) is 44.4 Å². The van der Waals surface area contributed by atoms with E-state index < -0.39 is 0 Å². The van der Waals surface area contributed by atoms with E-state index >= 15 is 0 Å². The van der Waals surface area contributed by atoms with E-state index in [0.717, 1.165) is 5.56 Å². The van der Waals surface area contributed by atoms with Gasteiger partial charge in [0.05, 0.1) is 14.2 Å². The Morgan fingerprint density at radius 3 is 2.50 bits per heavy atom. The maximum Gasteiger partial charge on any atom is 0.246 e. The average Bonchev–Trinajstić information content (AvgIpc) is 3.16. The molecule has 146 valence electrons. The van der Waals surface area contributed by atoms with Gasteiger partial charge in [0.15, 0.2) is 11.5 Å². The number of aromatic nitrogens is 4. The summed E-state index contributed by atoms with van der Waals surface area (Å²) >= 11 is 0. The minimum Gasteiger partial charge on any atom is -0.493 e. The molecule has 3 aromatic rings. The van der Waals surface area contributed by atoms with Crippen molar-refractivity contribution in [1.29, 1.82) is 0 Å². The summed E-state index contributed by atoms with van der Waals surface area (Å²) in [6.45, 7) is 0.330. The fourth-order valence-electron chi connectivity index (χ4n) is 2.61. The topological polar surface area (TPSA) is 82.4 Å². The number of amides is 1. The van der Waals surface area contributed by atoms with Crippen LogP contribution in [0.1, 0.15) is 5.56 Å². The molecular weight excluding hydrogens is 365 g/mol. The molecule has 0 N–H and O–H groups in total. The van der Waals surface area contributed by atoms with Gasteiger partial charge in [-0.15, -0.1) is 10.2 Å². The van der Waals surface area contributed by atoms with Crippen molar-refractivity contribution in [2.75, 3.05) is 21.3 Å². The van der Waals surface area contributed by atoms with Gasteiger partial charge in [0.25, 0.3) is 0 Å². The second-order valence-electron chi connectivity index (χ2n) is 6.09. The lowest BCUT2D eigenvalue weighted by Crippen LogP contribution is -2.30. The number of benzene rings is 2. The lowest BCUT2D eigenvalue weighted by molar-refractivity contribution is -0.131. The first kappa shape index (κ1) is 19.3. The van der Waals surface area contributed by atoms with Gasteiger partial charge in [0.1, 0.15) is 12.4 Å². The number of hydrogen-bond acceptors (Lipinski definition) is 6. The summed E-state index contributed by atoms with van der Waals surface area (Å²) in [5.41, 5.74) is 1.52. The SMILES string of the molecule is COc1ccc(CN(C)C(=O)Cn2nnc(-c3ccc(F)cc3)n2)cc1OC. The molecule has 0 aliphatic heterocycles. The monoisotopic (exact) mass is 385 g/mol. The molecule has 0 saturated heterocycles. The van der Waals surface area contributed by atoms with Gasteiger partial charge in [0, 0.05) is 19.2 Å². The van der Waals surface area contributed by atoms with Gasteiger partial charge < -0.3 is 14.4 Å². The van der Waals surface area contributed by atoms with Crippen LogP contribution >= 0.6 is 0 Å². The fourth-order valence-corrected chi connectivity index (χ4v) is 2.61. The highest BCUT2D eigenvalue weighted by Gasteiger charge is 2.14. The molecule has 0 spiro atoms. The van der Waals surface area contributed by atoms with Crippen LogP contribution in [0.5, 0.6) is 11.5 Å². The summed E-state index contributed by atoms with van der Waals surface area (Å²) in [5.74, 6) is 1.03. The molecule has 0 aliphatic carbocycles. The fraction of sp³-hybridized carbons (Fsp3) is 0.263. The molecule has 8 nitrogen and oxygen atoms in total. The Hall–Kier alpha value is -3.49. The predicted octanol–water partition coefficient (Wildman–Crippen LogP) is 2.16. The van der Waals surface area contributed by atoms with Crippen molar-refractivity contribution in [3.63, 3.8) is 0 Å². The average molecular weight is 385 g/mol. The van der Waals surface area contributed by atoms with Crippen LogP contribution in [0.4, 0.5) is 4.39 Å². The van der Waals surface area contributed by atoms with Crippen molar-refractivity contribution in [2.24, 2.45) is 0 Å². The third-order valence-electron chi connectivity index (χ3n) is 4.13. The van der Waals surface area contributed by atoms with Crippen molar-refractivity contribution in [3.8, 4) is 22.9 Å². The Morgan fingerprint density at radius 2 is 1.82 bits per heavy atom. The molecule has 2 aromatic carbocycles. The molecule has 0 unspecified atom stereocenters. The summed E-state index contributed by atoms with van der Waals surface area (Å²) < 4.78 is 23.5. The van der Waals surface area contributed by atoms with Crippen molar-refractivity contribution in [2.45, 2.75) is 13.1 Å². The van der Waals surface area contributed by atoms with E-state index in [0.29, 0.717) is 29.4 Å². The van der Waals surface area contributed by atoms with Gasteiger partial charge in [-0.3, -0.25) is 4.79 Å². The molecule has 0 atom stereocenters. The number of tetrazole rings is 1. The van der Waals surface area contributed by atoms with Crippen molar-refractivity contribution >= 4 is 5.91 Å². The molecule has 28 heavy (non-hydrogen) atoms. The zero-order valence-electron chi connectivity index (χ0n) is 15.8. The molecule has 3 rings (SSSR count). The van der Waals surface area contributed by atoms with Gasteiger partial charge in [-0.2, -0.15) is 4.80 Å². The largest absolute Gasteiger partial charge is 0.493 e. The van der Waals surface area contributed by atoms with E-state index in [-0.39, 0.29) is 18.3 Å². The number of nitrogens with zero attached hydrogens (tertiary/aromatic N) is 5. The molecule has 0 saturated carbocycles. The smallest absolute Gasteiger partial charge is 0.246 e. The van der Waals surface area contributed by atoms with Crippen LogP contribution in [0, 0.1) is 5.82 Å². The number of halogens is 1. The molecule has 0 bridgehead atoms. The van der Waals surface area contributed by atoms with E-state index in [4.69, 9.17) is 9.47 Å². The summed E-state index contributed by atoms with van der Waals surface area (Å²) in [4.78, 5) is 15.2. The Balaban J connectivity index is 1.64. The minimum atomic E-state index is -0.344. The van der Waals surface area contributed by atoms with E-state index in [1.807, 2.05) is 12.1 Å². The zero-order chi connectivity index (χ0) is 20.1. The molecule has 0 fully saturated rings. The Labute approximate surface area is 161 Å². The number of rotatable bonds is 7. The van der Waals surface area contributed by atoms with Gasteiger partial charge in [0.2, 0.25) is 11.7 Å². The lowest BCUT2D eigenvalue weighted by Gasteiger charge is -2.17. The molecule has 1 heterocycles. The number of carbonyl (C=O) groups is 1. The van der Waals surface area contributed by atoms with Crippen LogP contribution in [0.3, 0.4) is 0 Å². The number of carbonyl (C=O) groups excluding carboxylic acids is 1. The van der Waals surface area contributed by atoms with Crippen molar-refractivity contribution < 1.29 is 18.7 Å². The molecule has 1 amide bonds. The first-order valence-corrected chi connectivity index (χ1v) is 8.48. The molecule has 9 heteroatoms. The minimum absolute atomic E-state index is 0.0576. The summed E-state index contributed by atoms with van der Waals surface area (Å²) in [7, 11) is 4.82. The maximum atomic E-state index is 13.0. The van der Waals surface area contributed by atoms with Crippen LogP contribution in [0.25, 0.3) is 11.4 Å². The summed E-state index contributed by atoms with van der Waals surface area (Å²) in [6, 6.07) is 11.2. The second kappa shape index (κ2) is 8.47. The number of methoxy groups -OCH3 is 2. The Kier molecular flexibility index (Phi) is 5.83. The Bertz CT molecular complexity index is 958. The Morgan fingerprint density at radius 1 is 1.11 bits per heavy atom. The molecule has 0 radical (unpaired) electrons.